The van der Waals surface area contributed by atoms with E-state index in [9.17, 15) is 36.4 Å². The Labute approximate surface area is 253 Å². The number of hydrogen-bond donors (Lipinski definition) is 2. The summed E-state index contributed by atoms with van der Waals surface area (Å²) in [6.45, 7) is 0.819. The molecule has 0 radical (unpaired) electrons. The number of phenols is 2. The monoisotopic (exact) mass is 627 g/mol. The van der Waals surface area contributed by atoms with E-state index in [1.165, 1.54) is 22.3 Å². The number of hydrogen-bond acceptors (Lipinski definition) is 4. The molecule has 238 valence electrons. The zero-order valence-electron chi connectivity index (χ0n) is 24.6. The van der Waals surface area contributed by atoms with Gasteiger partial charge in [0.25, 0.3) is 0 Å². The van der Waals surface area contributed by atoms with E-state index < -0.39 is 29.3 Å². The second-order valence-electron chi connectivity index (χ2n) is 11.2. The number of fused-ring (bicyclic) bond motifs is 1. The third kappa shape index (κ3) is 11.0. The van der Waals surface area contributed by atoms with Crippen LogP contribution in [0.25, 0.3) is 11.1 Å². The van der Waals surface area contributed by atoms with Gasteiger partial charge in [0.05, 0.1) is 0 Å². The quantitative estimate of drug-likeness (QED) is 0.144. The molecule has 2 aromatic carbocycles. The van der Waals surface area contributed by atoms with Gasteiger partial charge >= 0.3 is 12.1 Å². The molecule has 1 aliphatic rings. The summed E-state index contributed by atoms with van der Waals surface area (Å²) in [4.78, 5) is 2.00. The molecule has 1 aliphatic carbocycles. The van der Waals surface area contributed by atoms with Gasteiger partial charge in [-0.2, -0.15) is 22.0 Å². The van der Waals surface area contributed by atoms with Crippen molar-refractivity contribution in [3.05, 3.63) is 71.4 Å². The van der Waals surface area contributed by atoms with Crippen LogP contribution in [0.5, 0.6) is 11.5 Å². The van der Waals surface area contributed by atoms with E-state index >= 15 is 0 Å². The first kappa shape index (κ1) is 34.6. The zero-order valence-corrected chi connectivity index (χ0v) is 25.5. The van der Waals surface area contributed by atoms with Gasteiger partial charge < -0.3 is 15.1 Å². The number of aromatic hydroxyl groups is 2. The van der Waals surface area contributed by atoms with Crippen molar-refractivity contribution in [3.63, 3.8) is 0 Å². The number of alkyl halides is 5. The van der Waals surface area contributed by atoms with Crippen LogP contribution in [-0.4, -0.2) is 56.5 Å². The van der Waals surface area contributed by atoms with E-state index in [4.69, 9.17) is 0 Å². The molecule has 10 heteroatoms. The molecule has 4 nitrogen and oxygen atoms in total. The van der Waals surface area contributed by atoms with Crippen LogP contribution in [-0.2, 0) is 17.2 Å². The molecule has 0 aromatic heterocycles. The molecule has 0 bridgehead atoms. The van der Waals surface area contributed by atoms with Crippen LogP contribution in [0.1, 0.15) is 80.9 Å². The summed E-state index contributed by atoms with van der Waals surface area (Å²) in [6, 6.07) is 13.0. The molecule has 0 spiro atoms. The van der Waals surface area contributed by atoms with Gasteiger partial charge in [0, 0.05) is 42.3 Å². The Morgan fingerprint density at radius 2 is 1.58 bits per heavy atom. The van der Waals surface area contributed by atoms with Crippen molar-refractivity contribution < 1.29 is 36.4 Å². The maximum atomic E-state index is 12.9. The van der Waals surface area contributed by atoms with Crippen LogP contribution < -0.4 is 0 Å². The van der Waals surface area contributed by atoms with Crippen LogP contribution in [0.2, 0.25) is 0 Å². The topological polar surface area (TPSA) is 60.8 Å². The minimum absolute atomic E-state index is 0.0589. The second-order valence-corrected chi connectivity index (χ2v) is 12.8. The minimum Gasteiger partial charge on any atom is -0.508 e. The van der Waals surface area contributed by atoms with Gasteiger partial charge in [0.1, 0.15) is 11.5 Å². The van der Waals surface area contributed by atoms with Gasteiger partial charge in [-0.1, -0.05) is 37.1 Å². The predicted molar refractivity (Wildman–Crippen MR) is 164 cm³/mol. The van der Waals surface area contributed by atoms with E-state index in [0.29, 0.717) is 0 Å². The molecule has 0 aliphatic heterocycles. The zero-order chi connectivity index (χ0) is 31.5. The average Bonchev–Trinajstić information content (AvgIpc) is 3.11. The normalized spacial score (nSPS) is 15.0. The largest absolute Gasteiger partial charge is 0.508 e. The lowest BCUT2D eigenvalue weighted by Crippen LogP contribution is -2.36. The standard InChI is InChI=1S/C33H42F5NO3S/c1-39(21-9-23-43(42)22-7-5-19-32(34,35)33(36,37)38)20-6-3-2-4-11-31-29(25-13-15-27(40)16-14-25)12-8-10-26-24-28(41)17-18-30(26)31/h9,13-18,21,24,40-41H,2-8,10-12,19-20,22-23H2,1H3/b21-9+. The van der Waals surface area contributed by atoms with Crippen molar-refractivity contribution in [3.8, 4) is 11.5 Å². The summed E-state index contributed by atoms with van der Waals surface area (Å²) < 4.78 is 74.6. The molecule has 2 N–H and O–H groups in total. The molecule has 0 saturated carbocycles. The van der Waals surface area contributed by atoms with Gasteiger partial charge in [-0.3, -0.25) is 4.21 Å². The molecular weight excluding hydrogens is 585 g/mol. The number of phenolic OH excluding ortho intramolecular Hbond substituents is 2. The lowest BCUT2D eigenvalue weighted by Gasteiger charge is -2.19. The van der Waals surface area contributed by atoms with E-state index in [1.807, 2.05) is 42.4 Å². The van der Waals surface area contributed by atoms with Gasteiger partial charge in [-0.25, -0.2) is 0 Å². The molecule has 0 amide bonds. The minimum atomic E-state index is -5.54. The highest BCUT2D eigenvalue weighted by Gasteiger charge is 2.56. The third-order valence-corrected chi connectivity index (χ3v) is 9.03. The fourth-order valence-electron chi connectivity index (χ4n) is 5.37. The number of allylic oxidation sites excluding steroid dienone is 2. The Bertz CT molecular complexity index is 1260. The van der Waals surface area contributed by atoms with E-state index in [0.717, 1.165) is 63.5 Å². The fraction of sp³-hybridized carbons (Fsp3) is 0.515. The Morgan fingerprint density at radius 3 is 2.30 bits per heavy atom. The predicted octanol–water partition coefficient (Wildman–Crippen LogP) is 8.86. The molecular formula is C33H42F5NO3S. The van der Waals surface area contributed by atoms with E-state index in [1.54, 1.807) is 24.3 Å². The SMILES string of the molecule is CN(/C=C/CS(=O)CCCCC(F)(F)C(F)(F)F)CCCCCCC1=C(c2ccc(O)cc2)CCCc2cc(O)ccc21. The summed E-state index contributed by atoms with van der Waals surface area (Å²) in [5, 5.41) is 19.8. The van der Waals surface area contributed by atoms with Gasteiger partial charge in [-0.15, -0.1) is 0 Å². The van der Waals surface area contributed by atoms with Crippen LogP contribution >= 0.6 is 0 Å². The number of rotatable bonds is 16. The highest BCUT2D eigenvalue weighted by molar-refractivity contribution is 7.85. The Kier molecular flexibility index (Phi) is 13.1. The summed E-state index contributed by atoms with van der Waals surface area (Å²) in [6.07, 6.45) is 4.34. The summed E-state index contributed by atoms with van der Waals surface area (Å²) >= 11 is 0. The van der Waals surface area contributed by atoms with Crippen molar-refractivity contribution in [1.82, 2.24) is 4.90 Å². The van der Waals surface area contributed by atoms with Crippen LogP contribution in [0, 0.1) is 0 Å². The molecule has 43 heavy (non-hydrogen) atoms. The highest BCUT2D eigenvalue weighted by atomic mass is 32.2. The van der Waals surface area contributed by atoms with Crippen LogP contribution in [0.15, 0.2) is 54.7 Å². The Morgan fingerprint density at radius 1 is 0.884 bits per heavy atom. The fourth-order valence-corrected chi connectivity index (χ4v) is 6.37. The summed E-state index contributed by atoms with van der Waals surface area (Å²) in [5.41, 5.74) is 6.08. The lowest BCUT2D eigenvalue weighted by molar-refractivity contribution is -0.284. The number of aryl methyl sites for hydroxylation is 1. The van der Waals surface area contributed by atoms with Crippen molar-refractivity contribution in [2.45, 2.75) is 82.7 Å². The molecule has 0 fully saturated rings. The number of halogens is 5. The molecule has 1 atom stereocenters. The first-order valence-corrected chi connectivity index (χ1v) is 16.4. The molecule has 0 heterocycles. The number of benzene rings is 2. The second kappa shape index (κ2) is 16.3. The van der Waals surface area contributed by atoms with Gasteiger partial charge in [0.15, 0.2) is 0 Å². The van der Waals surface area contributed by atoms with Gasteiger partial charge in [-0.05, 0) is 110 Å². The summed E-state index contributed by atoms with van der Waals surface area (Å²) in [7, 11) is 0.617. The maximum Gasteiger partial charge on any atom is 0.453 e. The van der Waals surface area contributed by atoms with Crippen molar-refractivity contribution in [2.75, 3.05) is 25.1 Å². The highest BCUT2D eigenvalue weighted by Crippen LogP contribution is 2.40. The van der Waals surface area contributed by atoms with Crippen molar-refractivity contribution >= 4 is 21.9 Å². The van der Waals surface area contributed by atoms with Crippen LogP contribution in [0.3, 0.4) is 0 Å². The molecule has 2 aromatic rings. The third-order valence-electron chi connectivity index (χ3n) is 7.72. The number of nitrogens with zero attached hydrogens (tertiary/aromatic N) is 1. The Hall–Kier alpha value is -2.88. The first-order chi connectivity index (χ1) is 20.4. The first-order valence-electron chi connectivity index (χ1n) is 14.9. The van der Waals surface area contributed by atoms with E-state index in [-0.39, 0.29) is 35.8 Å². The summed E-state index contributed by atoms with van der Waals surface area (Å²) in [5.74, 6) is -3.85. The van der Waals surface area contributed by atoms with E-state index in [2.05, 4.69) is 0 Å². The Balaban J connectivity index is 1.41. The van der Waals surface area contributed by atoms with Gasteiger partial charge in [0.2, 0.25) is 0 Å². The average molecular weight is 628 g/mol. The molecule has 0 saturated heterocycles. The maximum absolute atomic E-state index is 12.9. The van der Waals surface area contributed by atoms with Crippen LogP contribution in [0.4, 0.5) is 22.0 Å². The lowest BCUT2D eigenvalue weighted by atomic mass is 9.89. The smallest absolute Gasteiger partial charge is 0.453 e. The van der Waals surface area contributed by atoms with Crippen molar-refractivity contribution in [2.24, 2.45) is 0 Å². The molecule has 1 unspecified atom stereocenters. The van der Waals surface area contributed by atoms with Crippen molar-refractivity contribution in [1.29, 1.82) is 0 Å². The molecule has 3 rings (SSSR count). The number of unbranched alkanes of at least 4 members (excludes halogenated alkanes) is 4.